The van der Waals surface area contributed by atoms with E-state index in [4.69, 9.17) is 10.7 Å². The predicted octanol–water partition coefficient (Wildman–Crippen LogP) is 12.6. The van der Waals surface area contributed by atoms with Gasteiger partial charge in [-0.3, -0.25) is 0 Å². The minimum absolute atomic E-state index is 0.260. The molecule has 0 saturated heterocycles. The molecule has 0 radical (unpaired) electrons. The number of hydrogen-bond acceptors (Lipinski definition) is 2. The van der Waals surface area contributed by atoms with Crippen LogP contribution in [0.2, 0.25) is 0 Å². The molecule has 1 atom stereocenters. The van der Waals surface area contributed by atoms with Gasteiger partial charge in [0.25, 0.3) is 0 Å². The first-order valence-electron chi connectivity index (χ1n) is 19.7. The summed E-state index contributed by atoms with van der Waals surface area (Å²) in [7, 11) is 0. The van der Waals surface area contributed by atoms with Gasteiger partial charge in [0.1, 0.15) is 11.7 Å². The fourth-order valence-electron chi connectivity index (χ4n) is 9.63. The zero-order chi connectivity index (χ0) is 38.3. The number of nitrogens with one attached hydrogen (secondary N) is 1. The van der Waals surface area contributed by atoms with Crippen LogP contribution in [0.25, 0.3) is 82.4 Å². The molecule has 0 bridgehead atoms. The molecule has 0 aliphatic heterocycles. The largest absolute Gasteiger partial charge is 0.346 e. The maximum atomic E-state index is 6.93. The molecule has 11 rings (SSSR count). The first-order chi connectivity index (χ1) is 28.0. The van der Waals surface area contributed by atoms with Crippen molar-refractivity contribution in [2.24, 2.45) is 10.7 Å². The normalized spacial score (nSPS) is 14.1. The number of hydrogen-bond donors (Lipinski definition) is 2. The second kappa shape index (κ2) is 12.8. The van der Waals surface area contributed by atoms with Gasteiger partial charge in [0.05, 0.1) is 11.0 Å². The van der Waals surface area contributed by atoms with E-state index in [1.54, 1.807) is 0 Å². The Balaban J connectivity index is 1.07. The third kappa shape index (κ3) is 5.08. The first kappa shape index (κ1) is 33.3. The molecule has 1 aliphatic rings. The Kier molecular flexibility index (Phi) is 7.47. The lowest BCUT2D eigenvalue weighted by atomic mass is 9.78. The van der Waals surface area contributed by atoms with Gasteiger partial charge >= 0.3 is 0 Å². The zero-order valence-electron chi connectivity index (χ0n) is 31.9. The van der Waals surface area contributed by atoms with Crippen LogP contribution in [0.15, 0.2) is 187 Å². The van der Waals surface area contributed by atoms with Crippen molar-refractivity contribution in [3.05, 3.63) is 204 Å². The Morgan fingerprint density at radius 1 is 0.526 bits per heavy atom. The van der Waals surface area contributed by atoms with Gasteiger partial charge in [-0.1, -0.05) is 166 Å². The maximum absolute atomic E-state index is 6.93. The van der Waals surface area contributed by atoms with E-state index in [1.807, 2.05) is 18.3 Å². The van der Waals surface area contributed by atoms with Gasteiger partial charge in [-0.05, 0) is 90.3 Å². The van der Waals surface area contributed by atoms with E-state index in [0.717, 1.165) is 39.0 Å². The lowest BCUT2D eigenvalue weighted by Gasteiger charge is -2.25. The second-order valence-corrected chi connectivity index (χ2v) is 15.8. The van der Waals surface area contributed by atoms with Crippen LogP contribution in [0.1, 0.15) is 36.7 Å². The Morgan fingerprint density at radius 3 is 1.84 bits per heavy atom. The number of para-hydroxylation sites is 1. The van der Waals surface area contributed by atoms with Gasteiger partial charge in [0, 0.05) is 33.6 Å². The summed E-state index contributed by atoms with van der Waals surface area (Å²) >= 11 is 0. The highest BCUT2D eigenvalue weighted by atomic mass is 15.0. The number of aromatic amines is 1. The summed E-state index contributed by atoms with van der Waals surface area (Å²) in [4.78, 5) is 8.57. The molecule has 8 aromatic carbocycles. The van der Waals surface area contributed by atoms with Gasteiger partial charge in [-0.15, -0.1) is 0 Å². The average molecular weight is 733 g/mol. The van der Waals surface area contributed by atoms with Gasteiger partial charge in [0.15, 0.2) is 0 Å². The SMILES string of the molecule is CC1(C)c2c(c3ccccc3c3ccccc23)-c2ccc3c4ccccc4n(-c4ccc(C(N)/N=c5\[nH]cc(-c6ccccc6)cc5-c5ccccc5)cc4)c3c21. The van der Waals surface area contributed by atoms with Crippen LogP contribution in [-0.2, 0) is 5.41 Å². The van der Waals surface area contributed by atoms with E-state index in [0.29, 0.717) is 0 Å². The van der Waals surface area contributed by atoms with Crippen LogP contribution in [0.4, 0.5) is 0 Å². The summed E-state index contributed by atoms with van der Waals surface area (Å²) < 4.78 is 2.47. The summed E-state index contributed by atoms with van der Waals surface area (Å²) in [6.07, 6.45) is 1.44. The minimum Gasteiger partial charge on any atom is -0.346 e. The third-order valence-corrected chi connectivity index (χ3v) is 12.2. The molecule has 2 heterocycles. The molecule has 57 heavy (non-hydrogen) atoms. The Labute approximate surface area is 331 Å². The van der Waals surface area contributed by atoms with E-state index < -0.39 is 6.17 Å². The molecule has 1 unspecified atom stereocenters. The van der Waals surface area contributed by atoms with Crippen LogP contribution in [0.3, 0.4) is 0 Å². The van der Waals surface area contributed by atoms with Crippen molar-refractivity contribution < 1.29 is 0 Å². The fourth-order valence-corrected chi connectivity index (χ4v) is 9.63. The van der Waals surface area contributed by atoms with E-state index >= 15 is 0 Å². The molecule has 4 heteroatoms. The van der Waals surface area contributed by atoms with E-state index in [2.05, 4.69) is 187 Å². The van der Waals surface area contributed by atoms with Crippen LogP contribution < -0.4 is 11.2 Å². The van der Waals surface area contributed by atoms with Crippen molar-refractivity contribution in [2.45, 2.75) is 25.4 Å². The molecule has 0 fully saturated rings. The number of aromatic nitrogens is 2. The number of fused-ring (bicyclic) bond motifs is 12. The van der Waals surface area contributed by atoms with Gasteiger partial charge in [-0.2, -0.15) is 0 Å². The number of H-pyrrole nitrogens is 1. The maximum Gasteiger partial charge on any atom is 0.135 e. The third-order valence-electron chi connectivity index (χ3n) is 12.2. The molecular formula is C53H40N4. The average Bonchev–Trinajstić information content (AvgIpc) is 3.73. The smallest absolute Gasteiger partial charge is 0.135 e. The zero-order valence-corrected chi connectivity index (χ0v) is 31.9. The molecule has 10 aromatic rings. The Morgan fingerprint density at radius 2 is 1.12 bits per heavy atom. The van der Waals surface area contributed by atoms with E-state index in [-0.39, 0.29) is 5.41 Å². The number of rotatable bonds is 5. The summed E-state index contributed by atoms with van der Waals surface area (Å²) in [5, 5.41) is 7.75. The molecule has 0 saturated carbocycles. The molecule has 4 nitrogen and oxygen atoms in total. The lowest BCUT2D eigenvalue weighted by molar-refractivity contribution is 0.670. The minimum atomic E-state index is -0.572. The summed E-state index contributed by atoms with van der Waals surface area (Å²) in [5.74, 6) is 0. The summed E-state index contributed by atoms with van der Waals surface area (Å²) in [5.41, 5.74) is 21.7. The molecule has 272 valence electrons. The van der Waals surface area contributed by atoms with Crippen molar-refractivity contribution in [1.29, 1.82) is 0 Å². The molecule has 0 spiro atoms. The highest BCUT2D eigenvalue weighted by Gasteiger charge is 2.41. The van der Waals surface area contributed by atoms with E-state index in [1.165, 1.54) is 65.6 Å². The van der Waals surface area contributed by atoms with Crippen LogP contribution in [0, 0.1) is 0 Å². The monoisotopic (exact) mass is 732 g/mol. The van der Waals surface area contributed by atoms with Crippen LogP contribution in [0.5, 0.6) is 0 Å². The quantitative estimate of drug-likeness (QED) is 0.170. The van der Waals surface area contributed by atoms with Crippen LogP contribution >= 0.6 is 0 Å². The lowest BCUT2D eigenvalue weighted by Crippen LogP contribution is -2.18. The highest BCUT2D eigenvalue weighted by molar-refractivity contribution is 6.21. The molecular weight excluding hydrogens is 693 g/mol. The fraction of sp³-hybridized carbons (Fsp3) is 0.0755. The standard InChI is InChI=1S/C53H40N4/c1-53(2)48-42-23-12-10-20-39(42)38-19-9-11-22-41(38)47(48)44-30-29-43-40-21-13-14-24-46(40)57(50(43)49(44)53)37-27-25-35(26-28-37)51(54)56-52-45(34-17-7-4-8-18-34)31-36(32-55-52)33-15-5-3-6-16-33/h3-32,51H,54H2,1-2H3,(H,55,56). The highest BCUT2D eigenvalue weighted by Crippen LogP contribution is 2.57. The van der Waals surface area contributed by atoms with Crippen LogP contribution in [-0.4, -0.2) is 9.55 Å². The Hall–Kier alpha value is -7.01. The Bertz CT molecular complexity index is 3260. The number of pyridine rings is 1. The van der Waals surface area contributed by atoms with Crippen molar-refractivity contribution in [3.8, 4) is 39.1 Å². The van der Waals surface area contributed by atoms with Gasteiger partial charge in [0.2, 0.25) is 0 Å². The summed E-state index contributed by atoms with van der Waals surface area (Å²) in [6, 6.07) is 63.0. The van der Waals surface area contributed by atoms with Gasteiger partial charge in [-0.25, -0.2) is 4.99 Å². The van der Waals surface area contributed by atoms with Crippen molar-refractivity contribution >= 4 is 43.4 Å². The van der Waals surface area contributed by atoms with Crippen molar-refractivity contribution in [2.75, 3.05) is 0 Å². The molecule has 1 aliphatic carbocycles. The molecule has 0 amide bonds. The van der Waals surface area contributed by atoms with E-state index in [9.17, 15) is 0 Å². The second-order valence-electron chi connectivity index (χ2n) is 15.8. The number of nitrogens with two attached hydrogens (primary N) is 1. The predicted molar refractivity (Wildman–Crippen MR) is 238 cm³/mol. The summed E-state index contributed by atoms with van der Waals surface area (Å²) in [6.45, 7) is 4.83. The first-order valence-corrected chi connectivity index (χ1v) is 19.7. The molecule has 3 N–H and O–H groups in total. The molecule has 2 aromatic heterocycles. The van der Waals surface area contributed by atoms with Crippen molar-refractivity contribution in [1.82, 2.24) is 9.55 Å². The topological polar surface area (TPSA) is 59.1 Å². The number of benzene rings is 8. The van der Waals surface area contributed by atoms with Crippen molar-refractivity contribution in [3.63, 3.8) is 0 Å². The number of nitrogens with zero attached hydrogens (tertiary/aromatic N) is 2. The van der Waals surface area contributed by atoms with Gasteiger partial charge < -0.3 is 15.3 Å².